The zero-order valence-corrected chi connectivity index (χ0v) is 12.0. The van der Waals surface area contributed by atoms with Crippen LogP contribution in [0.5, 0.6) is 0 Å². The topological polar surface area (TPSA) is 69.2 Å². The Hall–Kier alpha value is -1.85. The first-order valence-corrected chi connectivity index (χ1v) is 7.20. The van der Waals surface area contributed by atoms with Gasteiger partial charge in [-0.25, -0.2) is 0 Å². The summed E-state index contributed by atoms with van der Waals surface area (Å²) < 4.78 is 0. The minimum atomic E-state index is -0.357. The van der Waals surface area contributed by atoms with Crippen molar-refractivity contribution in [2.24, 2.45) is 5.73 Å². The summed E-state index contributed by atoms with van der Waals surface area (Å²) >= 11 is 1.39. The van der Waals surface area contributed by atoms with Gasteiger partial charge in [0.05, 0.1) is 9.82 Å². The number of rotatable bonds is 5. The first-order valence-electron chi connectivity index (χ1n) is 6.38. The summed E-state index contributed by atoms with van der Waals surface area (Å²) in [6, 6.07) is 14.6. The molecule has 20 heavy (non-hydrogen) atoms. The zero-order chi connectivity index (χ0) is 14.5. The molecule has 0 aliphatic carbocycles. The third kappa shape index (κ3) is 3.37. The lowest BCUT2D eigenvalue weighted by atomic mass is 10.1. The maximum absolute atomic E-state index is 11.0. The number of nitrogens with zero attached hydrogens (tertiary/aromatic N) is 1. The summed E-state index contributed by atoms with van der Waals surface area (Å²) in [6.45, 7) is 2.04. The molecule has 0 spiro atoms. The van der Waals surface area contributed by atoms with Crippen LogP contribution < -0.4 is 5.73 Å². The summed E-state index contributed by atoms with van der Waals surface area (Å²) in [6.07, 6.45) is 0.886. The first kappa shape index (κ1) is 14.6. The van der Waals surface area contributed by atoms with Gasteiger partial charge in [0.1, 0.15) is 0 Å². The fourth-order valence-corrected chi connectivity index (χ4v) is 2.76. The maximum Gasteiger partial charge on any atom is 0.283 e. The summed E-state index contributed by atoms with van der Waals surface area (Å²) in [7, 11) is 0. The molecule has 2 aromatic rings. The number of nitro benzene ring substituents is 1. The van der Waals surface area contributed by atoms with E-state index in [0.717, 1.165) is 16.9 Å². The van der Waals surface area contributed by atoms with Gasteiger partial charge >= 0.3 is 0 Å². The molecule has 2 aromatic carbocycles. The minimum absolute atomic E-state index is 0.0418. The molecular weight excluding hydrogens is 272 g/mol. The van der Waals surface area contributed by atoms with Crippen molar-refractivity contribution in [1.29, 1.82) is 0 Å². The van der Waals surface area contributed by atoms with E-state index in [1.807, 2.05) is 31.2 Å². The normalized spacial score (nSPS) is 12.1. The highest BCUT2D eigenvalue weighted by molar-refractivity contribution is 7.99. The van der Waals surface area contributed by atoms with Crippen molar-refractivity contribution in [2.75, 3.05) is 0 Å². The fraction of sp³-hybridized carbons (Fsp3) is 0.200. The number of hydrogen-bond donors (Lipinski definition) is 1. The highest BCUT2D eigenvalue weighted by Gasteiger charge is 2.13. The molecule has 0 heterocycles. The molecular formula is C15H16N2O2S. The largest absolute Gasteiger partial charge is 0.324 e. The van der Waals surface area contributed by atoms with Crippen LogP contribution in [-0.2, 0) is 0 Å². The van der Waals surface area contributed by atoms with Crippen LogP contribution in [0, 0.1) is 10.1 Å². The van der Waals surface area contributed by atoms with Crippen LogP contribution in [0.2, 0.25) is 0 Å². The highest BCUT2D eigenvalue weighted by atomic mass is 32.2. The smallest absolute Gasteiger partial charge is 0.283 e. The molecule has 0 amide bonds. The van der Waals surface area contributed by atoms with Crippen molar-refractivity contribution in [1.82, 2.24) is 0 Å². The number of nitro groups is 1. The van der Waals surface area contributed by atoms with Crippen LogP contribution in [0.3, 0.4) is 0 Å². The molecule has 1 atom stereocenters. The molecule has 0 aliphatic heterocycles. The fourth-order valence-electron chi connectivity index (χ4n) is 1.84. The average Bonchev–Trinajstić information content (AvgIpc) is 2.47. The van der Waals surface area contributed by atoms with E-state index < -0.39 is 0 Å². The monoisotopic (exact) mass is 288 g/mol. The lowest BCUT2D eigenvalue weighted by Crippen LogP contribution is -2.07. The average molecular weight is 288 g/mol. The third-order valence-electron chi connectivity index (χ3n) is 3.04. The van der Waals surface area contributed by atoms with E-state index in [1.54, 1.807) is 18.2 Å². The van der Waals surface area contributed by atoms with E-state index in [9.17, 15) is 10.1 Å². The van der Waals surface area contributed by atoms with E-state index in [0.29, 0.717) is 4.90 Å². The second kappa shape index (κ2) is 6.54. The number of benzene rings is 2. The van der Waals surface area contributed by atoms with Gasteiger partial charge in [-0.15, -0.1) is 0 Å². The van der Waals surface area contributed by atoms with Crippen molar-refractivity contribution in [3.8, 4) is 0 Å². The van der Waals surface area contributed by atoms with Gasteiger partial charge in [-0.2, -0.15) is 0 Å². The Bertz CT molecular complexity index is 599. The Morgan fingerprint density at radius 2 is 1.85 bits per heavy atom. The third-order valence-corrected chi connectivity index (χ3v) is 4.11. The molecule has 0 saturated heterocycles. The molecule has 104 valence electrons. The van der Waals surface area contributed by atoms with Gasteiger partial charge < -0.3 is 5.73 Å². The van der Waals surface area contributed by atoms with Crippen LogP contribution in [0.15, 0.2) is 58.3 Å². The predicted molar refractivity (Wildman–Crippen MR) is 80.9 cm³/mol. The van der Waals surface area contributed by atoms with Gasteiger partial charge in [0.2, 0.25) is 0 Å². The number of para-hydroxylation sites is 1. The minimum Gasteiger partial charge on any atom is -0.324 e. The van der Waals surface area contributed by atoms with E-state index in [-0.39, 0.29) is 16.7 Å². The molecule has 0 aromatic heterocycles. The lowest BCUT2D eigenvalue weighted by molar-refractivity contribution is -0.387. The van der Waals surface area contributed by atoms with Crippen molar-refractivity contribution in [2.45, 2.75) is 29.2 Å². The lowest BCUT2D eigenvalue weighted by Gasteiger charge is -2.09. The van der Waals surface area contributed by atoms with E-state index >= 15 is 0 Å². The summed E-state index contributed by atoms with van der Waals surface area (Å²) in [5, 5.41) is 11.0. The molecule has 0 bridgehead atoms. The van der Waals surface area contributed by atoms with Crippen molar-refractivity contribution in [3.63, 3.8) is 0 Å². The Morgan fingerprint density at radius 3 is 2.45 bits per heavy atom. The predicted octanol–water partition coefficient (Wildman–Crippen LogP) is 4.16. The Labute approximate surface area is 122 Å². The van der Waals surface area contributed by atoms with Crippen LogP contribution in [0.4, 0.5) is 5.69 Å². The Kier molecular flexibility index (Phi) is 4.76. The quantitative estimate of drug-likeness (QED) is 0.662. The summed E-state index contributed by atoms with van der Waals surface area (Å²) in [4.78, 5) is 12.2. The SMILES string of the molecule is CC[C@H](N)c1ccc(Sc2ccccc2[N+](=O)[O-])cc1. The van der Waals surface area contributed by atoms with Crippen molar-refractivity contribution >= 4 is 17.4 Å². The van der Waals surface area contributed by atoms with Crippen molar-refractivity contribution in [3.05, 3.63) is 64.2 Å². The Balaban J connectivity index is 2.20. The summed E-state index contributed by atoms with van der Waals surface area (Å²) in [5.74, 6) is 0. The molecule has 0 radical (unpaired) electrons. The van der Waals surface area contributed by atoms with E-state index in [1.165, 1.54) is 17.8 Å². The van der Waals surface area contributed by atoms with Gasteiger partial charge in [0.25, 0.3) is 5.69 Å². The van der Waals surface area contributed by atoms with Gasteiger partial charge in [-0.1, -0.05) is 43.0 Å². The van der Waals surface area contributed by atoms with Gasteiger partial charge in [-0.3, -0.25) is 10.1 Å². The van der Waals surface area contributed by atoms with E-state index in [4.69, 9.17) is 5.73 Å². The van der Waals surface area contributed by atoms with Crippen LogP contribution >= 0.6 is 11.8 Å². The number of nitrogens with two attached hydrogens (primary N) is 1. The maximum atomic E-state index is 11.0. The van der Waals surface area contributed by atoms with Crippen LogP contribution in [0.25, 0.3) is 0 Å². The van der Waals surface area contributed by atoms with Crippen molar-refractivity contribution < 1.29 is 4.92 Å². The molecule has 4 nitrogen and oxygen atoms in total. The first-order chi connectivity index (χ1) is 9.61. The Morgan fingerprint density at radius 1 is 1.20 bits per heavy atom. The standard InChI is InChI=1S/C15H16N2O2S/c1-2-13(16)11-7-9-12(10-8-11)20-15-6-4-3-5-14(15)17(18)19/h3-10,13H,2,16H2,1H3/t13-/m0/s1. The molecule has 0 saturated carbocycles. The molecule has 5 heteroatoms. The highest BCUT2D eigenvalue weighted by Crippen LogP contribution is 2.34. The molecule has 0 unspecified atom stereocenters. The molecule has 0 aliphatic rings. The number of hydrogen-bond acceptors (Lipinski definition) is 4. The van der Waals surface area contributed by atoms with Crippen LogP contribution in [0.1, 0.15) is 24.9 Å². The molecule has 2 N–H and O–H groups in total. The van der Waals surface area contributed by atoms with Gasteiger partial charge in [-0.05, 0) is 30.2 Å². The van der Waals surface area contributed by atoms with E-state index in [2.05, 4.69) is 0 Å². The van der Waals surface area contributed by atoms with Gasteiger partial charge in [0.15, 0.2) is 0 Å². The summed E-state index contributed by atoms with van der Waals surface area (Å²) in [5.41, 5.74) is 7.18. The molecule has 2 rings (SSSR count). The van der Waals surface area contributed by atoms with Crippen LogP contribution in [-0.4, -0.2) is 4.92 Å². The second-order valence-corrected chi connectivity index (χ2v) is 5.53. The second-order valence-electron chi connectivity index (χ2n) is 4.41. The zero-order valence-electron chi connectivity index (χ0n) is 11.2. The van der Waals surface area contributed by atoms with Gasteiger partial charge in [0, 0.05) is 17.0 Å². The molecule has 0 fully saturated rings.